The van der Waals surface area contributed by atoms with Crippen molar-refractivity contribution in [3.63, 3.8) is 0 Å². The third kappa shape index (κ3) is 2.69. The molecule has 4 rings (SSSR count). The number of benzene rings is 1. The van der Waals surface area contributed by atoms with Crippen molar-refractivity contribution >= 4 is 16.6 Å². The van der Waals surface area contributed by atoms with Crippen LogP contribution in [0.15, 0.2) is 42.7 Å². The molecule has 0 aliphatic carbocycles. The lowest BCUT2D eigenvalue weighted by atomic mass is 9.96. The molecule has 1 saturated heterocycles. The molecule has 118 valence electrons. The normalized spacial score (nSPS) is 18.5. The van der Waals surface area contributed by atoms with Crippen molar-refractivity contribution in [3.05, 3.63) is 54.2 Å². The fourth-order valence-electron chi connectivity index (χ4n) is 3.57. The third-order valence-electron chi connectivity index (χ3n) is 4.78. The van der Waals surface area contributed by atoms with E-state index in [1.54, 1.807) is 0 Å². The van der Waals surface area contributed by atoms with Crippen LogP contribution in [-0.4, -0.2) is 28.0 Å². The van der Waals surface area contributed by atoms with Gasteiger partial charge in [0.1, 0.15) is 5.82 Å². The Bertz CT molecular complexity index is 794. The van der Waals surface area contributed by atoms with Gasteiger partial charge in [-0.25, -0.2) is 4.98 Å². The molecular weight excluding hydrogens is 284 g/mol. The number of nitrogens with zero attached hydrogens (tertiary/aromatic N) is 3. The number of H-pyrrole nitrogens is 1. The number of pyridine rings is 1. The van der Waals surface area contributed by atoms with E-state index in [0.717, 1.165) is 30.9 Å². The van der Waals surface area contributed by atoms with Gasteiger partial charge < -0.3 is 9.88 Å². The molecule has 1 N–H and O–H groups in total. The predicted molar refractivity (Wildman–Crippen MR) is 93.9 cm³/mol. The van der Waals surface area contributed by atoms with E-state index in [1.165, 1.54) is 29.6 Å². The summed E-state index contributed by atoms with van der Waals surface area (Å²) in [5.74, 6) is 1.60. The fraction of sp³-hybridized carbons (Fsp3) is 0.368. The Balaban J connectivity index is 1.73. The van der Waals surface area contributed by atoms with Crippen LogP contribution in [-0.2, 0) is 6.42 Å². The highest BCUT2D eigenvalue weighted by molar-refractivity contribution is 5.92. The lowest BCUT2D eigenvalue weighted by Crippen LogP contribution is -2.35. The Kier molecular flexibility index (Phi) is 3.74. The molecule has 0 bridgehead atoms. The van der Waals surface area contributed by atoms with E-state index < -0.39 is 0 Å². The van der Waals surface area contributed by atoms with Gasteiger partial charge in [-0.2, -0.15) is 0 Å². The van der Waals surface area contributed by atoms with Crippen molar-refractivity contribution in [3.8, 4) is 0 Å². The highest BCUT2D eigenvalue weighted by Gasteiger charge is 2.24. The summed E-state index contributed by atoms with van der Waals surface area (Å²) in [6, 6.07) is 10.7. The number of piperidine rings is 1. The van der Waals surface area contributed by atoms with Gasteiger partial charge in [-0.1, -0.05) is 25.1 Å². The molecule has 1 aliphatic rings. The molecule has 3 aromatic rings. The number of anilines is 1. The van der Waals surface area contributed by atoms with E-state index >= 15 is 0 Å². The topological polar surface area (TPSA) is 44.8 Å². The zero-order chi connectivity index (χ0) is 15.6. The summed E-state index contributed by atoms with van der Waals surface area (Å²) in [7, 11) is 0. The van der Waals surface area contributed by atoms with Crippen LogP contribution in [0.5, 0.6) is 0 Å². The highest BCUT2D eigenvalue weighted by Crippen LogP contribution is 2.33. The van der Waals surface area contributed by atoms with Crippen LogP contribution in [0.4, 0.5) is 5.69 Å². The molecule has 1 atom stereocenters. The number of hydrogen-bond donors (Lipinski definition) is 1. The number of para-hydroxylation sites is 1. The van der Waals surface area contributed by atoms with Crippen LogP contribution in [0.2, 0.25) is 0 Å². The van der Waals surface area contributed by atoms with Crippen molar-refractivity contribution in [1.82, 2.24) is 15.0 Å². The summed E-state index contributed by atoms with van der Waals surface area (Å²) >= 11 is 0. The minimum absolute atomic E-state index is 0.482. The molecule has 4 heteroatoms. The van der Waals surface area contributed by atoms with Crippen molar-refractivity contribution in [1.29, 1.82) is 0 Å². The molecule has 3 heterocycles. The van der Waals surface area contributed by atoms with Crippen LogP contribution in [0.25, 0.3) is 10.9 Å². The summed E-state index contributed by atoms with van der Waals surface area (Å²) in [5, 5.41) is 1.25. The van der Waals surface area contributed by atoms with E-state index in [2.05, 4.69) is 52.1 Å². The quantitative estimate of drug-likeness (QED) is 0.798. The van der Waals surface area contributed by atoms with Crippen LogP contribution < -0.4 is 4.90 Å². The summed E-state index contributed by atoms with van der Waals surface area (Å²) in [4.78, 5) is 15.0. The lowest BCUT2D eigenvalue weighted by molar-refractivity contribution is 0.495. The van der Waals surface area contributed by atoms with Gasteiger partial charge in [0.15, 0.2) is 0 Å². The summed E-state index contributed by atoms with van der Waals surface area (Å²) in [6.07, 6.45) is 7.14. The van der Waals surface area contributed by atoms with Gasteiger partial charge in [-0.05, 0) is 31.4 Å². The van der Waals surface area contributed by atoms with Crippen molar-refractivity contribution < 1.29 is 0 Å². The lowest BCUT2D eigenvalue weighted by Gasteiger charge is -2.34. The Morgan fingerprint density at radius 2 is 2.22 bits per heavy atom. The van der Waals surface area contributed by atoms with Gasteiger partial charge in [0.25, 0.3) is 0 Å². The average Bonchev–Trinajstić information content (AvgIpc) is 3.15. The molecule has 0 amide bonds. The number of rotatable bonds is 3. The summed E-state index contributed by atoms with van der Waals surface area (Å²) in [5.41, 5.74) is 3.59. The number of aromatic amines is 1. The third-order valence-corrected chi connectivity index (χ3v) is 4.78. The minimum atomic E-state index is 0.482. The van der Waals surface area contributed by atoms with E-state index in [4.69, 9.17) is 4.98 Å². The van der Waals surface area contributed by atoms with Gasteiger partial charge in [0, 0.05) is 48.2 Å². The zero-order valence-corrected chi connectivity index (χ0v) is 13.5. The molecule has 0 spiro atoms. The number of imidazole rings is 1. The molecule has 1 aromatic carbocycles. The predicted octanol–water partition coefficient (Wildman–Crippen LogP) is 3.90. The zero-order valence-electron chi connectivity index (χ0n) is 13.5. The Hall–Kier alpha value is -2.36. The summed E-state index contributed by atoms with van der Waals surface area (Å²) < 4.78 is 0. The molecular formula is C19H22N4. The van der Waals surface area contributed by atoms with Crippen molar-refractivity contribution in [2.45, 2.75) is 32.1 Å². The first-order valence-corrected chi connectivity index (χ1v) is 8.48. The van der Waals surface area contributed by atoms with Crippen LogP contribution in [0.1, 0.15) is 37.2 Å². The maximum absolute atomic E-state index is 4.77. The molecule has 1 aliphatic heterocycles. The van der Waals surface area contributed by atoms with E-state index in [0.29, 0.717) is 5.92 Å². The molecule has 2 aromatic heterocycles. The van der Waals surface area contributed by atoms with Gasteiger partial charge in [0.05, 0.1) is 5.52 Å². The number of aryl methyl sites for hydroxylation is 1. The minimum Gasteiger partial charge on any atom is -0.370 e. The Morgan fingerprint density at radius 3 is 3.04 bits per heavy atom. The molecule has 0 radical (unpaired) electrons. The van der Waals surface area contributed by atoms with Crippen LogP contribution >= 0.6 is 0 Å². The standard InChI is InChI=1S/C19H22N4/c1-2-15-12-18(16-7-3-4-8-17(16)22-15)23-11-5-6-14(13-23)19-20-9-10-21-19/h3-4,7-10,12,14H,2,5-6,11,13H2,1H3,(H,20,21). The second kappa shape index (κ2) is 6.03. The SMILES string of the molecule is CCc1cc(N2CCCC(c3ncc[nH]3)C2)c2ccccc2n1. The number of aromatic nitrogens is 3. The monoisotopic (exact) mass is 306 g/mol. The number of fused-ring (bicyclic) bond motifs is 1. The molecule has 0 saturated carbocycles. The highest BCUT2D eigenvalue weighted by atomic mass is 15.1. The maximum Gasteiger partial charge on any atom is 0.110 e. The van der Waals surface area contributed by atoms with Crippen molar-refractivity contribution in [2.75, 3.05) is 18.0 Å². The Labute approximate surface area is 136 Å². The largest absolute Gasteiger partial charge is 0.370 e. The molecule has 4 nitrogen and oxygen atoms in total. The van der Waals surface area contributed by atoms with Crippen LogP contribution in [0.3, 0.4) is 0 Å². The van der Waals surface area contributed by atoms with Gasteiger partial charge >= 0.3 is 0 Å². The first-order valence-electron chi connectivity index (χ1n) is 8.48. The van der Waals surface area contributed by atoms with Gasteiger partial charge in [-0.15, -0.1) is 0 Å². The van der Waals surface area contributed by atoms with E-state index in [9.17, 15) is 0 Å². The number of hydrogen-bond acceptors (Lipinski definition) is 3. The first-order chi connectivity index (χ1) is 11.3. The Morgan fingerprint density at radius 1 is 1.30 bits per heavy atom. The molecule has 1 unspecified atom stereocenters. The van der Waals surface area contributed by atoms with Crippen LogP contribution in [0, 0.1) is 0 Å². The smallest absolute Gasteiger partial charge is 0.110 e. The molecule has 1 fully saturated rings. The second-order valence-electron chi connectivity index (χ2n) is 6.26. The van der Waals surface area contributed by atoms with Gasteiger partial charge in [-0.3, -0.25) is 4.98 Å². The average molecular weight is 306 g/mol. The summed E-state index contributed by atoms with van der Waals surface area (Å²) in [6.45, 7) is 4.29. The van der Waals surface area contributed by atoms with E-state index in [1.807, 2.05) is 12.4 Å². The maximum atomic E-state index is 4.77. The van der Waals surface area contributed by atoms with Crippen molar-refractivity contribution in [2.24, 2.45) is 0 Å². The van der Waals surface area contributed by atoms with Gasteiger partial charge in [0.2, 0.25) is 0 Å². The van der Waals surface area contributed by atoms with E-state index in [-0.39, 0.29) is 0 Å². The number of nitrogens with one attached hydrogen (secondary N) is 1. The fourth-order valence-corrected chi connectivity index (χ4v) is 3.57. The second-order valence-corrected chi connectivity index (χ2v) is 6.26. The molecule has 23 heavy (non-hydrogen) atoms. The first kappa shape index (κ1) is 14.2.